The Hall–Kier alpha value is -2.32. The molecule has 20 heavy (non-hydrogen) atoms. The van der Waals surface area contributed by atoms with Gasteiger partial charge in [-0.1, -0.05) is 30.3 Å². The molecule has 1 heterocycles. The number of allylic oxidation sites excluding steroid dienone is 1. The summed E-state index contributed by atoms with van der Waals surface area (Å²) in [6.45, 7) is 1.79. The number of rotatable bonds is 4. The van der Waals surface area contributed by atoms with Gasteiger partial charge in [0, 0.05) is 6.08 Å². The SMILES string of the molecule is Cc1ccoc1/C=C(/C#N)S(=O)(=O)Cc1ccccc1. The Labute approximate surface area is 117 Å². The first-order chi connectivity index (χ1) is 9.53. The van der Waals surface area contributed by atoms with Crippen LogP contribution in [0.2, 0.25) is 0 Å². The highest BCUT2D eigenvalue weighted by Crippen LogP contribution is 2.19. The van der Waals surface area contributed by atoms with E-state index in [9.17, 15) is 8.42 Å². The van der Waals surface area contributed by atoms with Crippen molar-refractivity contribution in [1.82, 2.24) is 0 Å². The van der Waals surface area contributed by atoms with Crippen LogP contribution in [-0.2, 0) is 15.6 Å². The summed E-state index contributed by atoms with van der Waals surface area (Å²) in [5.41, 5.74) is 1.43. The van der Waals surface area contributed by atoms with E-state index in [1.807, 2.05) is 6.07 Å². The Kier molecular flexibility index (Phi) is 4.06. The van der Waals surface area contributed by atoms with Crippen LogP contribution >= 0.6 is 0 Å². The Morgan fingerprint density at radius 2 is 2.00 bits per heavy atom. The summed E-state index contributed by atoms with van der Waals surface area (Å²) >= 11 is 0. The zero-order chi connectivity index (χ0) is 14.6. The molecule has 0 unspecified atom stereocenters. The standard InChI is InChI=1S/C15H13NO3S/c1-12-7-8-19-15(12)9-14(10-16)20(17,18)11-13-5-3-2-4-6-13/h2-9H,11H2,1H3/b14-9-. The van der Waals surface area contributed by atoms with Gasteiger partial charge in [0.05, 0.1) is 12.0 Å². The lowest BCUT2D eigenvalue weighted by molar-refractivity contribution is 0.554. The van der Waals surface area contributed by atoms with Crippen molar-refractivity contribution >= 4 is 15.9 Å². The van der Waals surface area contributed by atoms with Crippen LogP contribution in [0, 0.1) is 18.3 Å². The molecule has 0 N–H and O–H groups in total. The Morgan fingerprint density at radius 3 is 2.55 bits per heavy atom. The maximum Gasteiger partial charge on any atom is 0.192 e. The van der Waals surface area contributed by atoms with E-state index in [4.69, 9.17) is 9.68 Å². The fourth-order valence-corrected chi connectivity index (χ4v) is 2.93. The first-order valence-corrected chi connectivity index (χ1v) is 7.61. The Bertz CT molecular complexity index is 765. The summed E-state index contributed by atoms with van der Waals surface area (Å²) in [5, 5.41) is 9.09. The van der Waals surface area contributed by atoms with Gasteiger partial charge in [0.2, 0.25) is 0 Å². The summed E-state index contributed by atoms with van der Waals surface area (Å²) in [5.74, 6) is 0.186. The summed E-state index contributed by atoms with van der Waals surface area (Å²) in [4.78, 5) is -0.292. The third kappa shape index (κ3) is 3.16. The van der Waals surface area contributed by atoms with E-state index in [0.29, 0.717) is 11.3 Å². The lowest BCUT2D eigenvalue weighted by Crippen LogP contribution is -2.06. The van der Waals surface area contributed by atoms with E-state index in [-0.39, 0.29) is 10.7 Å². The zero-order valence-electron chi connectivity index (χ0n) is 10.9. The molecule has 102 valence electrons. The summed E-state index contributed by atoms with van der Waals surface area (Å²) in [7, 11) is -3.68. The Morgan fingerprint density at radius 1 is 1.30 bits per heavy atom. The minimum Gasteiger partial charge on any atom is -0.465 e. The largest absolute Gasteiger partial charge is 0.465 e. The number of furan rings is 1. The van der Waals surface area contributed by atoms with Crippen molar-refractivity contribution in [2.75, 3.05) is 0 Å². The van der Waals surface area contributed by atoms with Gasteiger partial charge in [-0.3, -0.25) is 0 Å². The monoisotopic (exact) mass is 287 g/mol. The van der Waals surface area contributed by atoms with E-state index in [0.717, 1.165) is 5.56 Å². The molecule has 2 rings (SSSR count). The fraction of sp³-hybridized carbons (Fsp3) is 0.133. The molecule has 4 nitrogen and oxygen atoms in total. The van der Waals surface area contributed by atoms with Crippen molar-refractivity contribution in [2.24, 2.45) is 0 Å². The molecule has 0 aliphatic heterocycles. The topological polar surface area (TPSA) is 71.1 Å². The second-order valence-electron chi connectivity index (χ2n) is 4.33. The summed E-state index contributed by atoms with van der Waals surface area (Å²) in [6.07, 6.45) is 2.73. The lowest BCUT2D eigenvalue weighted by Gasteiger charge is -2.02. The number of hydrogen-bond donors (Lipinski definition) is 0. The second kappa shape index (κ2) is 5.76. The van der Waals surface area contributed by atoms with Gasteiger partial charge in [-0.2, -0.15) is 5.26 Å². The first-order valence-electron chi connectivity index (χ1n) is 5.95. The van der Waals surface area contributed by atoms with Crippen LogP contribution in [0.5, 0.6) is 0 Å². The number of nitriles is 1. The fourth-order valence-electron chi connectivity index (χ4n) is 1.71. The number of aryl methyl sites for hydroxylation is 1. The molecule has 1 aromatic heterocycles. The highest BCUT2D eigenvalue weighted by atomic mass is 32.2. The Balaban J connectivity index is 2.34. The molecule has 0 fully saturated rings. The average Bonchev–Trinajstić information content (AvgIpc) is 2.82. The van der Waals surface area contributed by atoms with Crippen LogP contribution < -0.4 is 0 Å². The van der Waals surface area contributed by atoms with E-state index >= 15 is 0 Å². The van der Waals surface area contributed by atoms with Crippen molar-refractivity contribution in [3.63, 3.8) is 0 Å². The number of hydrogen-bond acceptors (Lipinski definition) is 4. The van der Waals surface area contributed by atoms with Crippen LogP contribution in [0.4, 0.5) is 0 Å². The average molecular weight is 287 g/mol. The molecule has 2 aromatic rings. The van der Waals surface area contributed by atoms with Gasteiger partial charge in [0.25, 0.3) is 0 Å². The van der Waals surface area contributed by atoms with Crippen molar-refractivity contribution in [2.45, 2.75) is 12.7 Å². The predicted octanol–water partition coefficient (Wildman–Crippen LogP) is 3.07. The predicted molar refractivity (Wildman–Crippen MR) is 76.1 cm³/mol. The molecule has 0 saturated heterocycles. The molecular formula is C15H13NO3S. The maximum atomic E-state index is 12.2. The van der Waals surface area contributed by atoms with Crippen LogP contribution in [0.1, 0.15) is 16.9 Å². The molecule has 0 amide bonds. The molecule has 0 aliphatic carbocycles. The normalized spacial score (nSPS) is 12.1. The van der Waals surface area contributed by atoms with Crippen LogP contribution in [0.25, 0.3) is 6.08 Å². The van der Waals surface area contributed by atoms with Crippen LogP contribution in [0.3, 0.4) is 0 Å². The van der Waals surface area contributed by atoms with E-state index < -0.39 is 9.84 Å². The quantitative estimate of drug-likeness (QED) is 0.810. The molecule has 5 heteroatoms. The van der Waals surface area contributed by atoms with E-state index in [1.165, 1.54) is 12.3 Å². The summed E-state index contributed by atoms with van der Waals surface area (Å²) in [6, 6.07) is 12.2. The van der Waals surface area contributed by atoms with E-state index in [1.54, 1.807) is 43.3 Å². The van der Waals surface area contributed by atoms with Crippen molar-refractivity contribution in [1.29, 1.82) is 5.26 Å². The van der Waals surface area contributed by atoms with Gasteiger partial charge in [0.15, 0.2) is 9.84 Å². The second-order valence-corrected chi connectivity index (χ2v) is 6.29. The molecule has 0 bridgehead atoms. The molecule has 0 spiro atoms. The van der Waals surface area contributed by atoms with Gasteiger partial charge in [-0.25, -0.2) is 8.42 Å². The third-order valence-electron chi connectivity index (χ3n) is 2.81. The third-order valence-corrected chi connectivity index (χ3v) is 4.40. The van der Waals surface area contributed by atoms with Gasteiger partial charge in [0.1, 0.15) is 16.7 Å². The van der Waals surface area contributed by atoms with Gasteiger partial charge >= 0.3 is 0 Å². The number of sulfone groups is 1. The van der Waals surface area contributed by atoms with Crippen LogP contribution in [0.15, 0.2) is 52.0 Å². The molecule has 0 aliphatic rings. The minimum atomic E-state index is -3.68. The van der Waals surface area contributed by atoms with Crippen LogP contribution in [-0.4, -0.2) is 8.42 Å². The summed E-state index contributed by atoms with van der Waals surface area (Å²) < 4.78 is 29.6. The lowest BCUT2D eigenvalue weighted by atomic mass is 10.2. The minimum absolute atomic E-state index is 0.201. The zero-order valence-corrected chi connectivity index (χ0v) is 11.7. The van der Waals surface area contributed by atoms with Crippen molar-refractivity contribution in [3.8, 4) is 6.07 Å². The number of nitrogens with zero attached hydrogens (tertiary/aromatic N) is 1. The van der Waals surface area contributed by atoms with Gasteiger partial charge in [-0.05, 0) is 24.1 Å². The van der Waals surface area contributed by atoms with E-state index in [2.05, 4.69) is 0 Å². The smallest absolute Gasteiger partial charge is 0.192 e. The highest BCUT2D eigenvalue weighted by molar-refractivity contribution is 7.95. The number of benzene rings is 1. The van der Waals surface area contributed by atoms with Gasteiger partial charge < -0.3 is 4.42 Å². The van der Waals surface area contributed by atoms with Gasteiger partial charge in [-0.15, -0.1) is 0 Å². The maximum absolute atomic E-state index is 12.2. The highest BCUT2D eigenvalue weighted by Gasteiger charge is 2.19. The molecular weight excluding hydrogens is 274 g/mol. The molecule has 0 saturated carbocycles. The van der Waals surface area contributed by atoms with Crippen molar-refractivity contribution < 1.29 is 12.8 Å². The molecule has 1 aromatic carbocycles. The first kappa shape index (κ1) is 14.1. The molecule has 0 atom stereocenters. The molecule has 0 radical (unpaired) electrons. The van der Waals surface area contributed by atoms with Crippen molar-refractivity contribution in [3.05, 3.63) is 64.5 Å².